The molecule has 1 aliphatic rings. The molecule has 5 nitrogen and oxygen atoms in total. The summed E-state index contributed by atoms with van der Waals surface area (Å²) in [6.07, 6.45) is 5.70. The molecule has 1 aromatic carbocycles. The van der Waals surface area contributed by atoms with E-state index in [4.69, 9.17) is 0 Å². The molecular weight excluding hydrogens is 312 g/mol. The van der Waals surface area contributed by atoms with Crippen molar-refractivity contribution in [3.8, 4) is 0 Å². The lowest BCUT2D eigenvalue weighted by atomic mass is 10.0. The van der Waals surface area contributed by atoms with E-state index in [1.165, 1.54) is 11.1 Å². The standard InChI is InChI=1S/C20H20N4O/c1-14-18-12-17(13-21-19(18)23-22-14)20(25)24-9-7-16(8-10-24)11-15-5-3-2-4-6-15/h2-6,11-13H,7-10H2,1H3,(H,21,22,23). The topological polar surface area (TPSA) is 61.9 Å². The number of fused-ring (bicyclic) bond motifs is 1. The maximum absolute atomic E-state index is 12.8. The third kappa shape index (κ3) is 3.18. The number of hydrogen-bond donors (Lipinski definition) is 1. The van der Waals surface area contributed by atoms with Gasteiger partial charge in [-0.15, -0.1) is 0 Å². The molecule has 0 spiro atoms. The molecule has 0 aliphatic carbocycles. The Hall–Kier alpha value is -2.95. The maximum Gasteiger partial charge on any atom is 0.255 e. The number of piperidine rings is 1. The largest absolute Gasteiger partial charge is 0.338 e. The maximum atomic E-state index is 12.8. The van der Waals surface area contributed by atoms with E-state index in [1.807, 2.05) is 36.1 Å². The number of nitrogens with one attached hydrogen (secondary N) is 1. The number of benzene rings is 1. The SMILES string of the molecule is Cc1[nH]nc2ncc(C(=O)N3CCC(=Cc4ccccc4)CC3)cc12. The molecule has 5 heteroatoms. The first kappa shape index (κ1) is 15.6. The lowest BCUT2D eigenvalue weighted by Gasteiger charge is -2.28. The van der Waals surface area contributed by atoms with Crippen molar-refractivity contribution >= 4 is 23.0 Å². The van der Waals surface area contributed by atoms with Gasteiger partial charge in [0, 0.05) is 30.4 Å². The number of aromatic amines is 1. The van der Waals surface area contributed by atoms with Crippen molar-refractivity contribution in [3.05, 3.63) is 65.0 Å². The number of carbonyl (C=O) groups excluding carboxylic acids is 1. The highest BCUT2D eigenvalue weighted by molar-refractivity contribution is 5.97. The van der Waals surface area contributed by atoms with E-state index in [9.17, 15) is 4.79 Å². The van der Waals surface area contributed by atoms with Gasteiger partial charge in [0.15, 0.2) is 5.65 Å². The minimum Gasteiger partial charge on any atom is -0.338 e. The molecular formula is C20H20N4O. The zero-order valence-electron chi connectivity index (χ0n) is 14.2. The summed E-state index contributed by atoms with van der Waals surface area (Å²) >= 11 is 0. The fourth-order valence-electron chi connectivity index (χ4n) is 3.25. The number of likely N-dealkylation sites (tertiary alicyclic amines) is 1. The third-order valence-electron chi connectivity index (χ3n) is 4.71. The molecule has 4 rings (SSSR count). The van der Waals surface area contributed by atoms with Crippen LogP contribution in [0, 0.1) is 6.92 Å². The smallest absolute Gasteiger partial charge is 0.255 e. The van der Waals surface area contributed by atoms with Crippen molar-refractivity contribution in [2.75, 3.05) is 13.1 Å². The number of nitrogens with zero attached hydrogens (tertiary/aromatic N) is 3. The molecule has 0 bridgehead atoms. The fraction of sp³-hybridized carbons (Fsp3) is 0.250. The Balaban J connectivity index is 1.47. The summed E-state index contributed by atoms with van der Waals surface area (Å²) in [7, 11) is 0. The van der Waals surface area contributed by atoms with Gasteiger partial charge in [-0.2, -0.15) is 5.10 Å². The van der Waals surface area contributed by atoms with Gasteiger partial charge in [0.05, 0.1) is 5.56 Å². The average molecular weight is 332 g/mol. The Labute approximate surface area is 146 Å². The van der Waals surface area contributed by atoms with Gasteiger partial charge < -0.3 is 4.90 Å². The molecule has 126 valence electrons. The molecule has 1 N–H and O–H groups in total. The minimum atomic E-state index is 0.0498. The number of pyridine rings is 1. The zero-order valence-corrected chi connectivity index (χ0v) is 14.2. The normalized spacial score (nSPS) is 14.8. The Morgan fingerprint density at radius 2 is 1.96 bits per heavy atom. The van der Waals surface area contributed by atoms with Gasteiger partial charge in [0.1, 0.15) is 0 Å². The number of carbonyl (C=O) groups is 1. The van der Waals surface area contributed by atoms with Crippen LogP contribution in [-0.2, 0) is 0 Å². The van der Waals surface area contributed by atoms with E-state index >= 15 is 0 Å². The van der Waals surface area contributed by atoms with Crippen LogP contribution in [0.1, 0.15) is 34.5 Å². The van der Waals surface area contributed by atoms with Crippen molar-refractivity contribution in [3.63, 3.8) is 0 Å². The quantitative estimate of drug-likeness (QED) is 0.780. The van der Waals surface area contributed by atoms with E-state index in [1.54, 1.807) is 6.20 Å². The summed E-state index contributed by atoms with van der Waals surface area (Å²) < 4.78 is 0. The van der Waals surface area contributed by atoms with Gasteiger partial charge in [0.25, 0.3) is 5.91 Å². The van der Waals surface area contributed by atoms with E-state index in [0.29, 0.717) is 11.2 Å². The highest BCUT2D eigenvalue weighted by atomic mass is 16.2. The van der Waals surface area contributed by atoms with Gasteiger partial charge >= 0.3 is 0 Å². The van der Waals surface area contributed by atoms with Crippen LogP contribution < -0.4 is 0 Å². The zero-order chi connectivity index (χ0) is 17.2. The van der Waals surface area contributed by atoms with Crippen molar-refractivity contribution < 1.29 is 4.79 Å². The lowest BCUT2D eigenvalue weighted by Crippen LogP contribution is -2.36. The molecule has 3 heterocycles. The Bertz CT molecular complexity index is 933. The van der Waals surface area contributed by atoms with Crippen molar-refractivity contribution in [1.29, 1.82) is 0 Å². The molecule has 1 saturated heterocycles. The second-order valence-electron chi connectivity index (χ2n) is 6.45. The fourth-order valence-corrected chi connectivity index (χ4v) is 3.25. The second-order valence-corrected chi connectivity index (χ2v) is 6.45. The number of H-pyrrole nitrogens is 1. The van der Waals surface area contributed by atoms with Gasteiger partial charge in [-0.05, 0) is 31.4 Å². The Kier molecular flexibility index (Phi) is 4.06. The van der Waals surface area contributed by atoms with Crippen molar-refractivity contribution in [1.82, 2.24) is 20.1 Å². The molecule has 2 aromatic heterocycles. The molecule has 0 atom stereocenters. The number of aromatic nitrogens is 3. The molecule has 0 saturated carbocycles. The highest BCUT2D eigenvalue weighted by Gasteiger charge is 2.21. The second kappa shape index (κ2) is 6.51. The van der Waals surface area contributed by atoms with Gasteiger partial charge in [-0.25, -0.2) is 4.98 Å². The first-order valence-electron chi connectivity index (χ1n) is 8.55. The van der Waals surface area contributed by atoms with Crippen LogP contribution in [0.3, 0.4) is 0 Å². The van der Waals surface area contributed by atoms with Gasteiger partial charge in [-0.3, -0.25) is 9.89 Å². The van der Waals surface area contributed by atoms with E-state index in [2.05, 4.69) is 33.4 Å². The number of hydrogen-bond acceptors (Lipinski definition) is 3. The molecule has 0 radical (unpaired) electrons. The molecule has 1 aliphatic heterocycles. The summed E-state index contributed by atoms with van der Waals surface area (Å²) in [6, 6.07) is 12.2. The van der Waals surface area contributed by atoms with Crippen LogP contribution in [0.5, 0.6) is 0 Å². The van der Waals surface area contributed by atoms with Gasteiger partial charge in [-0.1, -0.05) is 42.0 Å². The van der Waals surface area contributed by atoms with Crippen LogP contribution in [-0.4, -0.2) is 39.1 Å². The first-order chi connectivity index (χ1) is 12.2. The lowest BCUT2D eigenvalue weighted by molar-refractivity contribution is 0.0744. The average Bonchev–Trinajstić information content (AvgIpc) is 3.03. The van der Waals surface area contributed by atoms with Crippen molar-refractivity contribution in [2.45, 2.75) is 19.8 Å². The van der Waals surface area contributed by atoms with E-state index in [-0.39, 0.29) is 5.91 Å². The van der Waals surface area contributed by atoms with Crippen LogP contribution in [0.15, 0.2) is 48.2 Å². The summed E-state index contributed by atoms with van der Waals surface area (Å²) in [6.45, 7) is 3.44. The predicted molar refractivity (Wildman–Crippen MR) is 98.2 cm³/mol. The summed E-state index contributed by atoms with van der Waals surface area (Å²) in [4.78, 5) is 19.0. The van der Waals surface area contributed by atoms with Crippen molar-refractivity contribution in [2.24, 2.45) is 0 Å². The van der Waals surface area contributed by atoms with Crippen LogP contribution in [0.4, 0.5) is 0 Å². The number of aryl methyl sites for hydroxylation is 1. The number of amides is 1. The Morgan fingerprint density at radius 1 is 1.20 bits per heavy atom. The molecule has 25 heavy (non-hydrogen) atoms. The van der Waals surface area contributed by atoms with Crippen LogP contribution in [0.2, 0.25) is 0 Å². The van der Waals surface area contributed by atoms with E-state index < -0.39 is 0 Å². The summed E-state index contributed by atoms with van der Waals surface area (Å²) in [5.41, 5.74) is 4.84. The summed E-state index contributed by atoms with van der Waals surface area (Å²) in [5, 5.41) is 7.93. The molecule has 3 aromatic rings. The van der Waals surface area contributed by atoms with E-state index in [0.717, 1.165) is 37.0 Å². The first-order valence-corrected chi connectivity index (χ1v) is 8.55. The molecule has 0 unspecified atom stereocenters. The monoisotopic (exact) mass is 332 g/mol. The summed E-state index contributed by atoms with van der Waals surface area (Å²) in [5.74, 6) is 0.0498. The highest BCUT2D eigenvalue weighted by Crippen LogP contribution is 2.22. The predicted octanol–water partition coefficient (Wildman–Crippen LogP) is 3.59. The number of rotatable bonds is 2. The Morgan fingerprint density at radius 3 is 2.72 bits per heavy atom. The molecule has 1 fully saturated rings. The van der Waals surface area contributed by atoms with Crippen LogP contribution >= 0.6 is 0 Å². The molecule has 1 amide bonds. The van der Waals surface area contributed by atoms with Crippen LogP contribution in [0.25, 0.3) is 17.1 Å². The van der Waals surface area contributed by atoms with Gasteiger partial charge in [0.2, 0.25) is 0 Å². The third-order valence-corrected chi connectivity index (χ3v) is 4.71. The minimum absolute atomic E-state index is 0.0498.